The third-order valence-corrected chi connectivity index (χ3v) is 3.16. The average Bonchev–Trinajstić information content (AvgIpc) is 2.66. The van der Waals surface area contributed by atoms with E-state index in [1.807, 2.05) is 0 Å². The van der Waals surface area contributed by atoms with Crippen molar-refractivity contribution in [2.24, 2.45) is 5.41 Å². The lowest BCUT2D eigenvalue weighted by atomic mass is 9.88. The predicted octanol–water partition coefficient (Wildman–Crippen LogP) is 1.94. The number of hydrogen-bond donors (Lipinski definition) is 1. The summed E-state index contributed by atoms with van der Waals surface area (Å²) in [5.41, 5.74) is -0.132. The number of alkyl halides is 1. The first-order chi connectivity index (χ1) is 7.19. The molecule has 1 aliphatic carbocycles. The van der Waals surface area contributed by atoms with Crippen molar-refractivity contribution in [3.63, 3.8) is 0 Å². The lowest BCUT2D eigenvalue weighted by Gasteiger charge is -2.22. The minimum absolute atomic E-state index is 0.132. The summed E-state index contributed by atoms with van der Waals surface area (Å²) in [5.74, 6) is 0.681. The van der Waals surface area contributed by atoms with Crippen LogP contribution in [-0.4, -0.2) is 31.5 Å². The molecule has 4 heteroatoms. The topological polar surface area (TPSA) is 38.3 Å². The predicted molar refractivity (Wildman–Crippen MR) is 61.1 cm³/mol. The molecular weight excluding hydrogens is 214 g/mol. The Morgan fingerprint density at radius 3 is 2.67 bits per heavy atom. The fourth-order valence-corrected chi connectivity index (χ4v) is 2.10. The Morgan fingerprint density at radius 2 is 2.07 bits per heavy atom. The Morgan fingerprint density at radius 1 is 1.40 bits per heavy atom. The van der Waals surface area contributed by atoms with Crippen molar-refractivity contribution in [2.75, 3.05) is 25.6 Å². The van der Waals surface area contributed by atoms with Crippen LogP contribution in [0.2, 0.25) is 0 Å². The number of hydrogen-bond acceptors (Lipinski definition) is 2. The number of amides is 1. The second-order valence-electron chi connectivity index (χ2n) is 4.33. The van der Waals surface area contributed by atoms with Crippen LogP contribution in [0.25, 0.3) is 0 Å². The van der Waals surface area contributed by atoms with Gasteiger partial charge in [-0.2, -0.15) is 0 Å². The van der Waals surface area contributed by atoms with E-state index in [0.29, 0.717) is 25.6 Å². The van der Waals surface area contributed by atoms with Gasteiger partial charge < -0.3 is 10.1 Å². The Labute approximate surface area is 96.5 Å². The summed E-state index contributed by atoms with van der Waals surface area (Å²) in [6, 6.07) is 0. The maximum absolute atomic E-state index is 11.8. The zero-order chi connectivity index (χ0) is 11.1. The molecule has 1 aliphatic rings. The molecular formula is C11H20ClNO2. The van der Waals surface area contributed by atoms with Crippen LogP contribution in [0.1, 0.15) is 32.6 Å². The van der Waals surface area contributed by atoms with Crippen molar-refractivity contribution in [1.29, 1.82) is 0 Å². The van der Waals surface area contributed by atoms with Gasteiger partial charge in [0.2, 0.25) is 5.91 Å². The van der Waals surface area contributed by atoms with E-state index in [-0.39, 0.29) is 11.3 Å². The SMILES string of the molecule is CC1(C(=O)NCCOCCCl)CCCC1. The molecule has 3 nitrogen and oxygen atoms in total. The molecule has 0 radical (unpaired) electrons. The first-order valence-corrected chi connectivity index (χ1v) is 6.14. The molecule has 0 aromatic rings. The highest BCUT2D eigenvalue weighted by molar-refractivity contribution is 6.17. The van der Waals surface area contributed by atoms with Crippen molar-refractivity contribution in [3.05, 3.63) is 0 Å². The molecule has 0 aromatic heterocycles. The quantitative estimate of drug-likeness (QED) is 0.563. The van der Waals surface area contributed by atoms with E-state index in [9.17, 15) is 4.79 Å². The molecule has 0 spiro atoms. The third kappa shape index (κ3) is 3.99. The van der Waals surface area contributed by atoms with E-state index in [0.717, 1.165) is 12.8 Å². The van der Waals surface area contributed by atoms with E-state index >= 15 is 0 Å². The molecule has 0 bridgehead atoms. The Balaban J connectivity index is 2.12. The molecule has 0 atom stereocenters. The number of carbonyl (C=O) groups excluding carboxylic acids is 1. The summed E-state index contributed by atoms with van der Waals surface area (Å²) in [5, 5.41) is 2.92. The van der Waals surface area contributed by atoms with Crippen molar-refractivity contribution < 1.29 is 9.53 Å². The van der Waals surface area contributed by atoms with E-state index < -0.39 is 0 Å². The molecule has 0 saturated heterocycles. The molecule has 0 aromatic carbocycles. The first-order valence-electron chi connectivity index (χ1n) is 5.61. The molecule has 1 saturated carbocycles. The molecule has 15 heavy (non-hydrogen) atoms. The van der Waals surface area contributed by atoms with Crippen molar-refractivity contribution in [3.8, 4) is 0 Å². The van der Waals surface area contributed by atoms with Gasteiger partial charge in [0.05, 0.1) is 13.2 Å². The highest BCUT2D eigenvalue weighted by Gasteiger charge is 2.35. The number of halogens is 1. The van der Waals surface area contributed by atoms with Crippen LogP contribution in [0.4, 0.5) is 0 Å². The molecule has 0 heterocycles. The zero-order valence-electron chi connectivity index (χ0n) is 9.35. The normalized spacial score (nSPS) is 19.1. The summed E-state index contributed by atoms with van der Waals surface area (Å²) < 4.78 is 5.18. The van der Waals surface area contributed by atoms with E-state index in [1.54, 1.807) is 0 Å². The first kappa shape index (κ1) is 12.8. The molecule has 0 unspecified atom stereocenters. The summed E-state index contributed by atoms with van der Waals surface area (Å²) in [6.07, 6.45) is 4.38. The Kier molecular flexibility index (Phi) is 5.40. The van der Waals surface area contributed by atoms with Crippen LogP contribution < -0.4 is 5.32 Å². The average molecular weight is 234 g/mol. The van der Waals surface area contributed by atoms with Crippen LogP contribution in [-0.2, 0) is 9.53 Å². The monoisotopic (exact) mass is 233 g/mol. The maximum Gasteiger partial charge on any atom is 0.226 e. The van der Waals surface area contributed by atoms with Crippen molar-refractivity contribution in [1.82, 2.24) is 5.32 Å². The lowest BCUT2D eigenvalue weighted by molar-refractivity contribution is -0.130. The van der Waals surface area contributed by atoms with Gasteiger partial charge in [0.25, 0.3) is 0 Å². The van der Waals surface area contributed by atoms with Crippen LogP contribution in [0.3, 0.4) is 0 Å². The van der Waals surface area contributed by atoms with Crippen molar-refractivity contribution >= 4 is 17.5 Å². The highest BCUT2D eigenvalue weighted by Crippen LogP contribution is 2.37. The minimum atomic E-state index is -0.132. The van der Waals surface area contributed by atoms with Gasteiger partial charge in [-0.05, 0) is 12.8 Å². The fraction of sp³-hybridized carbons (Fsp3) is 0.909. The van der Waals surface area contributed by atoms with Gasteiger partial charge in [0.15, 0.2) is 0 Å². The summed E-state index contributed by atoms with van der Waals surface area (Å²) >= 11 is 5.46. The number of ether oxygens (including phenoxy) is 1. The smallest absolute Gasteiger partial charge is 0.226 e. The van der Waals surface area contributed by atoms with Gasteiger partial charge in [-0.3, -0.25) is 4.79 Å². The number of carbonyl (C=O) groups is 1. The lowest BCUT2D eigenvalue weighted by Crippen LogP contribution is -2.38. The van der Waals surface area contributed by atoms with Crippen LogP contribution >= 0.6 is 11.6 Å². The summed E-state index contributed by atoms with van der Waals surface area (Å²) in [7, 11) is 0. The molecule has 1 fully saturated rings. The van der Waals surface area contributed by atoms with Gasteiger partial charge in [-0.1, -0.05) is 19.8 Å². The van der Waals surface area contributed by atoms with E-state index in [4.69, 9.17) is 16.3 Å². The minimum Gasteiger partial charge on any atom is -0.378 e. The summed E-state index contributed by atoms with van der Waals surface area (Å²) in [6.45, 7) is 3.74. The molecule has 1 amide bonds. The van der Waals surface area contributed by atoms with Gasteiger partial charge in [0, 0.05) is 17.8 Å². The van der Waals surface area contributed by atoms with Crippen LogP contribution in [0.15, 0.2) is 0 Å². The van der Waals surface area contributed by atoms with Gasteiger partial charge >= 0.3 is 0 Å². The Hall–Kier alpha value is -0.280. The van der Waals surface area contributed by atoms with Gasteiger partial charge in [0.1, 0.15) is 0 Å². The second-order valence-corrected chi connectivity index (χ2v) is 4.70. The second kappa shape index (κ2) is 6.33. The summed E-state index contributed by atoms with van der Waals surface area (Å²) in [4.78, 5) is 11.8. The van der Waals surface area contributed by atoms with Crippen LogP contribution in [0.5, 0.6) is 0 Å². The largest absolute Gasteiger partial charge is 0.378 e. The molecule has 0 aliphatic heterocycles. The standard InChI is InChI=1S/C11H20ClNO2/c1-11(4-2-3-5-11)10(14)13-7-9-15-8-6-12/h2-9H2,1H3,(H,13,14). The van der Waals surface area contributed by atoms with Gasteiger partial charge in [-0.15, -0.1) is 11.6 Å². The van der Waals surface area contributed by atoms with E-state index in [2.05, 4.69) is 12.2 Å². The molecule has 88 valence electrons. The molecule has 1 N–H and O–H groups in total. The Bertz CT molecular complexity index is 203. The van der Waals surface area contributed by atoms with Crippen LogP contribution in [0, 0.1) is 5.41 Å². The number of rotatable bonds is 6. The molecule has 1 rings (SSSR count). The highest BCUT2D eigenvalue weighted by atomic mass is 35.5. The third-order valence-electron chi connectivity index (χ3n) is 3.01. The number of nitrogens with one attached hydrogen (secondary N) is 1. The fourth-order valence-electron chi connectivity index (χ4n) is 1.99. The van der Waals surface area contributed by atoms with Gasteiger partial charge in [-0.25, -0.2) is 0 Å². The van der Waals surface area contributed by atoms with E-state index in [1.165, 1.54) is 12.8 Å². The van der Waals surface area contributed by atoms with Crippen molar-refractivity contribution in [2.45, 2.75) is 32.6 Å². The maximum atomic E-state index is 11.8. The zero-order valence-corrected chi connectivity index (χ0v) is 10.1.